The van der Waals surface area contributed by atoms with Gasteiger partial charge in [0.1, 0.15) is 4.90 Å². The maximum Gasteiger partial charge on any atom is 0.270 e. The fraction of sp³-hybridized carbons (Fsp3) is 0.538. The Morgan fingerprint density at radius 1 is 1.43 bits per heavy atom. The Labute approximate surface area is 123 Å². The zero-order chi connectivity index (χ0) is 15.6. The Morgan fingerprint density at radius 2 is 2.10 bits per heavy atom. The van der Waals surface area contributed by atoms with Crippen LogP contribution in [0.4, 0.5) is 11.4 Å². The fourth-order valence-corrected chi connectivity index (χ4v) is 3.56. The SMILES string of the molecule is CCCNc1ccc([N+](=O)[O-])cc1S(=O)(=O)NC1CC1C. The number of benzene rings is 1. The van der Waals surface area contributed by atoms with Crippen LogP contribution < -0.4 is 10.0 Å². The van der Waals surface area contributed by atoms with Gasteiger partial charge in [-0.1, -0.05) is 13.8 Å². The summed E-state index contributed by atoms with van der Waals surface area (Å²) in [5, 5.41) is 13.9. The molecule has 1 aromatic rings. The summed E-state index contributed by atoms with van der Waals surface area (Å²) in [6.45, 7) is 4.51. The van der Waals surface area contributed by atoms with Gasteiger partial charge in [0.2, 0.25) is 10.0 Å². The van der Waals surface area contributed by atoms with Crippen molar-refractivity contribution in [1.29, 1.82) is 0 Å². The first kappa shape index (κ1) is 15.7. The molecule has 1 fully saturated rings. The average Bonchev–Trinajstić information content (AvgIpc) is 3.10. The summed E-state index contributed by atoms with van der Waals surface area (Å²) in [7, 11) is -3.76. The molecular weight excluding hydrogens is 294 g/mol. The van der Waals surface area contributed by atoms with E-state index in [0.717, 1.165) is 18.9 Å². The summed E-state index contributed by atoms with van der Waals surface area (Å²) < 4.78 is 27.4. The van der Waals surface area contributed by atoms with Gasteiger partial charge in [0.15, 0.2) is 0 Å². The van der Waals surface area contributed by atoms with E-state index in [2.05, 4.69) is 10.0 Å². The molecule has 21 heavy (non-hydrogen) atoms. The first-order chi connectivity index (χ1) is 9.85. The van der Waals surface area contributed by atoms with Crippen molar-refractivity contribution in [3.05, 3.63) is 28.3 Å². The van der Waals surface area contributed by atoms with Gasteiger partial charge in [-0.15, -0.1) is 0 Å². The van der Waals surface area contributed by atoms with Gasteiger partial charge >= 0.3 is 0 Å². The maximum atomic E-state index is 12.4. The van der Waals surface area contributed by atoms with Crippen molar-refractivity contribution >= 4 is 21.4 Å². The van der Waals surface area contributed by atoms with Gasteiger partial charge in [0, 0.05) is 24.7 Å². The van der Waals surface area contributed by atoms with Crippen molar-refractivity contribution in [2.45, 2.75) is 37.6 Å². The lowest BCUT2D eigenvalue weighted by atomic mass is 10.3. The number of hydrogen-bond donors (Lipinski definition) is 2. The van der Waals surface area contributed by atoms with Gasteiger partial charge in [-0.05, 0) is 24.8 Å². The molecule has 0 saturated heterocycles. The normalized spacial score (nSPS) is 21.0. The second kappa shape index (κ2) is 5.98. The van der Waals surface area contributed by atoms with Crippen LogP contribution in [0.25, 0.3) is 0 Å². The minimum atomic E-state index is -3.76. The highest BCUT2D eigenvalue weighted by Gasteiger charge is 2.37. The lowest BCUT2D eigenvalue weighted by Gasteiger charge is -2.12. The smallest absolute Gasteiger partial charge is 0.270 e. The number of non-ortho nitro benzene ring substituents is 1. The van der Waals surface area contributed by atoms with Crippen molar-refractivity contribution in [1.82, 2.24) is 4.72 Å². The lowest BCUT2D eigenvalue weighted by molar-refractivity contribution is -0.385. The van der Waals surface area contributed by atoms with Crippen LogP contribution >= 0.6 is 0 Å². The molecule has 1 aromatic carbocycles. The highest BCUT2D eigenvalue weighted by atomic mass is 32.2. The molecule has 1 aliphatic rings. The van der Waals surface area contributed by atoms with E-state index in [1.165, 1.54) is 12.1 Å². The number of nitrogens with zero attached hydrogens (tertiary/aromatic N) is 1. The first-order valence-corrected chi connectivity index (χ1v) is 8.38. The van der Waals surface area contributed by atoms with Crippen LogP contribution in [0.3, 0.4) is 0 Å². The number of nitro groups is 1. The topological polar surface area (TPSA) is 101 Å². The van der Waals surface area contributed by atoms with E-state index in [4.69, 9.17) is 0 Å². The molecule has 7 nitrogen and oxygen atoms in total. The zero-order valence-corrected chi connectivity index (χ0v) is 12.8. The quantitative estimate of drug-likeness (QED) is 0.593. The molecule has 0 spiro atoms. The van der Waals surface area contributed by atoms with Gasteiger partial charge in [0.05, 0.1) is 10.6 Å². The van der Waals surface area contributed by atoms with E-state index in [1.54, 1.807) is 0 Å². The minimum absolute atomic E-state index is 0.0655. The number of rotatable bonds is 7. The molecule has 0 radical (unpaired) electrons. The highest BCUT2D eigenvalue weighted by Crippen LogP contribution is 2.33. The van der Waals surface area contributed by atoms with Crippen LogP contribution in [0, 0.1) is 16.0 Å². The number of sulfonamides is 1. The molecule has 116 valence electrons. The number of nitrogens with one attached hydrogen (secondary N) is 2. The molecule has 2 N–H and O–H groups in total. The lowest BCUT2D eigenvalue weighted by Crippen LogP contribution is -2.27. The van der Waals surface area contributed by atoms with Gasteiger partial charge in [-0.25, -0.2) is 13.1 Å². The minimum Gasteiger partial charge on any atom is -0.384 e. The second-order valence-electron chi connectivity index (χ2n) is 5.31. The number of nitro benzene ring substituents is 1. The van der Waals surface area contributed by atoms with Gasteiger partial charge in [-0.3, -0.25) is 10.1 Å². The Morgan fingerprint density at radius 3 is 2.62 bits per heavy atom. The van der Waals surface area contributed by atoms with Crippen LogP contribution in [0.2, 0.25) is 0 Å². The molecular formula is C13H19N3O4S. The van der Waals surface area contributed by atoms with Crippen LogP contribution in [0.1, 0.15) is 26.7 Å². The van der Waals surface area contributed by atoms with Crippen molar-refractivity contribution in [2.24, 2.45) is 5.92 Å². The van der Waals surface area contributed by atoms with Crippen LogP contribution in [0.5, 0.6) is 0 Å². The molecule has 1 aliphatic carbocycles. The van der Waals surface area contributed by atoms with Gasteiger partial charge in [0.25, 0.3) is 5.69 Å². The fourth-order valence-electron chi connectivity index (χ4n) is 2.00. The number of anilines is 1. The molecule has 0 aromatic heterocycles. The molecule has 0 amide bonds. The summed E-state index contributed by atoms with van der Waals surface area (Å²) in [6.07, 6.45) is 1.62. The van der Waals surface area contributed by atoms with Crippen molar-refractivity contribution in [2.75, 3.05) is 11.9 Å². The third-order valence-electron chi connectivity index (χ3n) is 3.45. The molecule has 0 bridgehead atoms. The highest BCUT2D eigenvalue weighted by molar-refractivity contribution is 7.89. The largest absolute Gasteiger partial charge is 0.384 e. The predicted octanol–water partition coefficient (Wildman–Crippen LogP) is 2.10. The average molecular weight is 313 g/mol. The van der Waals surface area contributed by atoms with E-state index in [0.29, 0.717) is 18.2 Å². The van der Waals surface area contributed by atoms with Gasteiger partial charge < -0.3 is 5.32 Å². The summed E-state index contributed by atoms with van der Waals surface area (Å²) in [5.74, 6) is 0.311. The van der Waals surface area contributed by atoms with E-state index in [1.807, 2.05) is 13.8 Å². The van der Waals surface area contributed by atoms with Crippen LogP contribution in [-0.2, 0) is 10.0 Å². The Hall–Kier alpha value is -1.67. The summed E-state index contributed by atoms with van der Waals surface area (Å²) in [4.78, 5) is 10.2. The van der Waals surface area contributed by atoms with E-state index < -0.39 is 14.9 Å². The number of hydrogen-bond acceptors (Lipinski definition) is 5. The second-order valence-corrected chi connectivity index (χ2v) is 6.99. The Balaban J connectivity index is 2.36. The van der Waals surface area contributed by atoms with Crippen molar-refractivity contribution in [3.8, 4) is 0 Å². The van der Waals surface area contributed by atoms with E-state index >= 15 is 0 Å². The summed E-state index contributed by atoms with van der Waals surface area (Å²) >= 11 is 0. The van der Waals surface area contributed by atoms with E-state index in [-0.39, 0.29) is 16.6 Å². The van der Waals surface area contributed by atoms with Crippen LogP contribution in [-0.4, -0.2) is 25.9 Å². The summed E-state index contributed by atoms with van der Waals surface area (Å²) in [6, 6.07) is 3.77. The third kappa shape index (κ3) is 3.70. The monoisotopic (exact) mass is 313 g/mol. The first-order valence-electron chi connectivity index (χ1n) is 6.89. The van der Waals surface area contributed by atoms with Crippen LogP contribution in [0.15, 0.2) is 23.1 Å². The maximum absolute atomic E-state index is 12.4. The molecule has 2 atom stereocenters. The standard InChI is InChI=1S/C13H19N3O4S/c1-3-6-14-11-5-4-10(16(17)18)8-13(11)21(19,20)15-12-7-9(12)2/h4-5,8-9,12,14-15H,3,6-7H2,1-2H3. The van der Waals surface area contributed by atoms with Crippen molar-refractivity contribution < 1.29 is 13.3 Å². The molecule has 2 rings (SSSR count). The predicted molar refractivity (Wildman–Crippen MR) is 79.8 cm³/mol. The van der Waals surface area contributed by atoms with E-state index in [9.17, 15) is 18.5 Å². The Bertz CT molecular complexity index is 645. The van der Waals surface area contributed by atoms with Crippen molar-refractivity contribution in [3.63, 3.8) is 0 Å². The van der Waals surface area contributed by atoms with Gasteiger partial charge in [-0.2, -0.15) is 0 Å². The Kier molecular flexibility index (Phi) is 4.48. The zero-order valence-electron chi connectivity index (χ0n) is 12.0. The molecule has 1 saturated carbocycles. The molecule has 2 unspecified atom stereocenters. The summed E-state index contributed by atoms with van der Waals surface area (Å²) in [5.41, 5.74) is 0.157. The molecule has 8 heteroatoms. The molecule has 0 heterocycles. The third-order valence-corrected chi connectivity index (χ3v) is 4.98. The molecule has 0 aliphatic heterocycles.